The summed E-state index contributed by atoms with van der Waals surface area (Å²) in [4.78, 5) is 18.5. The first-order valence-electron chi connectivity index (χ1n) is 10.5. The van der Waals surface area contributed by atoms with Crippen LogP contribution >= 0.6 is 11.3 Å². The Hall–Kier alpha value is -2.15. The van der Waals surface area contributed by atoms with Gasteiger partial charge in [0, 0.05) is 24.5 Å². The number of carbonyl (C=O) groups is 1. The lowest BCUT2D eigenvalue weighted by Crippen LogP contribution is -2.47. The molecule has 2 heterocycles. The molecule has 1 aliphatic heterocycles. The molecular weight excluding hydrogens is 396 g/mol. The molecule has 1 N–H and O–H groups in total. The van der Waals surface area contributed by atoms with E-state index >= 15 is 0 Å². The highest BCUT2D eigenvalue weighted by atomic mass is 32.1. The van der Waals surface area contributed by atoms with Gasteiger partial charge in [-0.1, -0.05) is 23.8 Å². The first-order chi connectivity index (χ1) is 14.4. The maximum absolute atomic E-state index is 13.2. The molecule has 2 atom stereocenters. The number of ether oxygens (including phenoxy) is 1. The fraction of sp³-hybridized carbons (Fsp3) is 0.458. The molecule has 5 nitrogen and oxygen atoms in total. The molecule has 0 saturated carbocycles. The Labute approximate surface area is 183 Å². The minimum atomic E-state index is -0.494. The number of thiophene rings is 1. The van der Waals surface area contributed by atoms with E-state index in [0.717, 1.165) is 17.7 Å². The molecule has 0 radical (unpaired) electrons. The van der Waals surface area contributed by atoms with Crippen molar-refractivity contribution in [1.29, 1.82) is 0 Å². The molecule has 1 aromatic carbocycles. The molecule has 0 unspecified atom stereocenters. The van der Waals surface area contributed by atoms with Gasteiger partial charge in [0.25, 0.3) is 0 Å². The topological polar surface area (TPSA) is 53.0 Å². The minimum Gasteiger partial charge on any atom is -0.491 e. The van der Waals surface area contributed by atoms with Crippen LogP contribution in [0.15, 0.2) is 42.3 Å². The van der Waals surface area contributed by atoms with Crippen molar-refractivity contribution in [3.8, 4) is 5.75 Å². The number of aliphatic hydroxyl groups is 1. The highest BCUT2D eigenvalue weighted by molar-refractivity contribution is 7.10. The molecule has 0 aliphatic carbocycles. The molecule has 0 fully saturated rings. The number of carbonyl (C=O) groups excluding carboxylic acids is 1. The van der Waals surface area contributed by atoms with Gasteiger partial charge in [0.05, 0.1) is 18.7 Å². The smallest absolute Gasteiger partial charge is 0.237 e. The Kier molecular flexibility index (Phi) is 7.69. The number of hydrogen-bond donors (Lipinski definition) is 1. The van der Waals surface area contributed by atoms with Crippen molar-refractivity contribution in [2.24, 2.45) is 0 Å². The van der Waals surface area contributed by atoms with Gasteiger partial charge in [-0.25, -0.2) is 0 Å². The largest absolute Gasteiger partial charge is 0.491 e. The molecule has 3 rings (SSSR count). The zero-order valence-electron chi connectivity index (χ0n) is 18.1. The molecule has 0 spiro atoms. The van der Waals surface area contributed by atoms with Crippen LogP contribution in [-0.4, -0.2) is 59.7 Å². The maximum atomic E-state index is 13.2. The van der Waals surface area contributed by atoms with Gasteiger partial charge >= 0.3 is 0 Å². The van der Waals surface area contributed by atoms with Crippen LogP contribution in [0.5, 0.6) is 5.75 Å². The van der Waals surface area contributed by atoms with E-state index in [9.17, 15) is 9.90 Å². The number of rotatable bonds is 9. The third-order valence-corrected chi connectivity index (χ3v) is 6.41. The maximum Gasteiger partial charge on any atom is 0.237 e. The Morgan fingerprint density at radius 1 is 1.43 bits per heavy atom. The van der Waals surface area contributed by atoms with E-state index in [2.05, 4.69) is 31.0 Å². The second-order valence-corrected chi connectivity index (χ2v) is 9.06. The first-order valence-corrected chi connectivity index (χ1v) is 11.3. The average Bonchev–Trinajstić information content (AvgIpc) is 3.15. The lowest BCUT2D eigenvalue weighted by Gasteiger charge is -2.37. The van der Waals surface area contributed by atoms with Crippen LogP contribution in [0.1, 0.15) is 34.5 Å². The number of hydrogen-bond acceptors (Lipinski definition) is 5. The van der Waals surface area contributed by atoms with Gasteiger partial charge in [0.2, 0.25) is 5.91 Å². The van der Waals surface area contributed by atoms with Gasteiger partial charge in [0.15, 0.2) is 0 Å². The number of aliphatic hydroxyl groups excluding tert-OH is 1. The average molecular weight is 429 g/mol. The van der Waals surface area contributed by atoms with Crippen LogP contribution in [-0.2, 0) is 11.2 Å². The molecule has 1 aliphatic rings. The van der Waals surface area contributed by atoms with E-state index in [-0.39, 0.29) is 18.5 Å². The van der Waals surface area contributed by atoms with Gasteiger partial charge in [0.1, 0.15) is 12.4 Å². The molecular formula is C24H32N2O3S. The summed E-state index contributed by atoms with van der Waals surface area (Å²) in [6.07, 6.45) is 2.14. The summed E-state index contributed by atoms with van der Waals surface area (Å²) >= 11 is 1.75. The molecule has 1 aromatic heterocycles. The van der Waals surface area contributed by atoms with Crippen LogP contribution in [0.2, 0.25) is 0 Å². The molecule has 162 valence electrons. The number of amides is 1. The number of benzene rings is 1. The van der Waals surface area contributed by atoms with Crippen molar-refractivity contribution in [3.05, 3.63) is 63.9 Å². The van der Waals surface area contributed by atoms with Crippen molar-refractivity contribution >= 4 is 17.2 Å². The summed E-state index contributed by atoms with van der Waals surface area (Å²) in [5.74, 6) is 0.918. The quantitative estimate of drug-likeness (QED) is 0.618. The van der Waals surface area contributed by atoms with E-state index in [1.807, 2.05) is 28.9 Å². The Morgan fingerprint density at radius 2 is 2.23 bits per heavy atom. The lowest BCUT2D eigenvalue weighted by molar-refractivity contribution is -0.136. The lowest BCUT2D eigenvalue weighted by atomic mass is 10.00. The Morgan fingerprint density at radius 3 is 2.93 bits per heavy atom. The molecule has 0 saturated heterocycles. The first kappa shape index (κ1) is 22.5. The van der Waals surface area contributed by atoms with Crippen LogP contribution in [0, 0.1) is 13.8 Å². The summed E-state index contributed by atoms with van der Waals surface area (Å²) in [5.41, 5.74) is 3.49. The second-order valence-electron chi connectivity index (χ2n) is 8.06. The fourth-order valence-corrected chi connectivity index (χ4v) is 4.97. The van der Waals surface area contributed by atoms with E-state index in [1.54, 1.807) is 24.3 Å². The Balaban J connectivity index is 1.76. The van der Waals surface area contributed by atoms with Crippen LogP contribution in [0.3, 0.4) is 0 Å². The second kappa shape index (κ2) is 10.2. The molecule has 6 heteroatoms. The van der Waals surface area contributed by atoms with Gasteiger partial charge < -0.3 is 14.7 Å². The van der Waals surface area contributed by atoms with Crippen molar-refractivity contribution < 1.29 is 14.6 Å². The number of nitrogens with zero attached hydrogens (tertiary/aromatic N) is 2. The van der Waals surface area contributed by atoms with E-state index in [1.165, 1.54) is 16.0 Å². The fourth-order valence-electron chi connectivity index (χ4n) is 4.05. The van der Waals surface area contributed by atoms with Crippen molar-refractivity contribution in [3.63, 3.8) is 0 Å². The molecule has 30 heavy (non-hydrogen) atoms. The van der Waals surface area contributed by atoms with Gasteiger partial charge in [-0.05, 0) is 55.8 Å². The predicted molar refractivity (Wildman–Crippen MR) is 122 cm³/mol. The van der Waals surface area contributed by atoms with Crippen LogP contribution in [0.25, 0.3) is 0 Å². The molecule has 0 bridgehead atoms. The SMILES string of the molecule is C=CCN(CC(=O)N1CCc2sccc2[C@H]1COc1ccc(C)cc1C)C[C@@H](C)O. The number of aryl methyl sites for hydroxylation is 2. The van der Waals surface area contributed by atoms with Crippen molar-refractivity contribution in [2.75, 3.05) is 32.8 Å². The highest BCUT2D eigenvalue weighted by Gasteiger charge is 2.33. The van der Waals surface area contributed by atoms with Crippen LogP contribution < -0.4 is 4.74 Å². The normalized spacial score (nSPS) is 17.0. The van der Waals surface area contributed by atoms with E-state index in [4.69, 9.17) is 4.74 Å². The van der Waals surface area contributed by atoms with Crippen LogP contribution in [0.4, 0.5) is 0 Å². The summed E-state index contributed by atoms with van der Waals surface area (Å²) < 4.78 is 6.20. The van der Waals surface area contributed by atoms with Gasteiger partial charge in [-0.2, -0.15) is 0 Å². The predicted octanol–water partition coefficient (Wildman–Crippen LogP) is 3.74. The third-order valence-electron chi connectivity index (χ3n) is 5.41. The zero-order chi connectivity index (χ0) is 21.7. The monoisotopic (exact) mass is 428 g/mol. The molecule has 2 aromatic rings. The minimum absolute atomic E-state index is 0.0589. The summed E-state index contributed by atoms with van der Waals surface area (Å²) in [7, 11) is 0. The number of fused-ring (bicyclic) bond motifs is 1. The summed E-state index contributed by atoms with van der Waals surface area (Å²) in [6, 6.07) is 8.17. The third kappa shape index (κ3) is 5.50. The van der Waals surface area contributed by atoms with E-state index < -0.39 is 6.10 Å². The van der Waals surface area contributed by atoms with Gasteiger partial charge in [-0.15, -0.1) is 17.9 Å². The highest BCUT2D eigenvalue weighted by Crippen LogP contribution is 2.34. The van der Waals surface area contributed by atoms with E-state index in [0.29, 0.717) is 26.2 Å². The standard InChI is InChI=1S/C24H32N2O3S/c1-5-10-25(14-19(4)27)15-24(28)26-11-8-23-20(9-12-30-23)21(26)16-29-22-7-6-17(2)13-18(22)3/h5-7,9,12-13,19,21,27H,1,8,10-11,14-16H2,2-4H3/t19-,21-/m1/s1. The van der Waals surface area contributed by atoms with Gasteiger partial charge in [-0.3, -0.25) is 9.69 Å². The van der Waals surface area contributed by atoms with Crippen molar-refractivity contribution in [2.45, 2.75) is 39.3 Å². The molecule has 1 amide bonds. The summed E-state index contributed by atoms with van der Waals surface area (Å²) in [5, 5.41) is 11.9. The summed E-state index contributed by atoms with van der Waals surface area (Å²) in [6.45, 7) is 12.0. The Bertz CT molecular complexity index is 877. The van der Waals surface area contributed by atoms with Crippen molar-refractivity contribution in [1.82, 2.24) is 9.80 Å². The zero-order valence-corrected chi connectivity index (χ0v) is 19.0.